The Morgan fingerprint density at radius 1 is 1.46 bits per heavy atom. The van der Waals surface area contributed by atoms with Crippen molar-refractivity contribution in [2.75, 3.05) is 24.2 Å². The van der Waals surface area contributed by atoms with Crippen LogP contribution < -0.4 is 10.6 Å². The number of nitrogens with zero attached hydrogens (tertiary/aromatic N) is 1. The van der Waals surface area contributed by atoms with Crippen LogP contribution in [0.2, 0.25) is 0 Å². The fourth-order valence-corrected chi connectivity index (χ4v) is 1.35. The van der Waals surface area contributed by atoms with Crippen molar-refractivity contribution in [2.24, 2.45) is 0 Å². The van der Waals surface area contributed by atoms with Gasteiger partial charge in [-0.3, -0.25) is 0 Å². The average molecular weight is 180 g/mol. The van der Waals surface area contributed by atoms with Crippen LogP contribution in [0.5, 0.6) is 5.75 Å². The summed E-state index contributed by atoms with van der Waals surface area (Å²) in [5, 5.41) is 9.15. The van der Waals surface area contributed by atoms with E-state index in [1.807, 2.05) is 13.1 Å². The number of nitrogen functional groups attached to an aromatic ring is 1. The van der Waals surface area contributed by atoms with Gasteiger partial charge in [0.15, 0.2) is 0 Å². The van der Waals surface area contributed by atoms with Gasteiger partial charge in [-0.05, 0) is 18.6 Å². The number of phenols is 1. The number of aromatic hydroxyl groups is 1. The number of anilines is 2. The fourth-order valence-electron chi connectivity index (χ4n) is 1.35. The molecular weight excluding hydrogens is 164 g/mol. The lowest BCUT2D eigenvalue weighted by atomic mass is 10.2. The predicted octanol–water partition coefficient (Wildman–Crippen LogP) is 1.82. The molecule has 3 nitrogen and oxygen atoms in total. The third-order valence-electron chi connectivity index (χ3n) is 1.98. The first-order chi connectivity index (χ1) is 6.15. The first kappa shape index (κ1) is 9.71. The van der Waals surface area contributed by atoms with E-state index in [2.05, 4.69) is 11.8 Å². The van der Waals surface area contributed by atoms with Crippen LogP contribution in [0.4, 0.5) is 11.4 Å². The Hall–Kier alpha value is -1.38. The van der Waals surface area contributed by atoms with E-state index in [0.29, 0.717) is 5.69 Å². The maximum atomic E-state index is 9.15. The Balaban J connectivity index is 2.88. The van der Waals surface area contributed by atoms with Crippen molar-refractivity contribution in [3.63, 3.8) is 0 Å². The fraction of sp³-hybridized carbons (Fsp3) is 0.400. The molecule has 1 rings (SSSR count). The molecule has 0 spiro atoms. The zero-order chi connectivity index (χ0) is 9.84. The molecule has 0 bridgehead atoms. The minimum absolute atomic E-state index is 0.214. The van der Waals surface area contributed by atoms with Gasteiger partial charge < -0.3 is 15.7 Å². The molecule has 0 saturated carbocycles. The highest BCUT2D eigenvalue weighted by Crippen LogP contribution is 2.25. The molecule has 0 saturated heterocycles. The Kier molecular flexibility index (Phi) is 3.01. The lowest BCUT2D eigenvalue weighted by Gasteiger charge is -2.20. The summed E-state index contributed by atoms with van der Waals surface area (Å²) in [6, 6.07) is 5.06. The maximum Gasteiger partial charge on any atom is 0.117 e. The molecule has 0 atom stereocenters. The second kappa shape index (κ2) is 4.03. The quantitative estimate of drug-likeness (QED) is 0.697. The third-order valence-corrected chi connectivity index (χ3v) is 1.98. The second-order valence-electron chi connectivity index (χ2n) is 3.16. The molecule has 3 N–H and O–H groups in total. The minimum atomic E-state index is 0.214. The second-order valence-corrected chi connectivity index (χ2v) is 3.16. The molecule has 1 aromatic carbocycles. The molecule has 0 heterocycles. The van der Waals surface area contributed by atoms with Crippen LogP contribution in [0.15, 0.2) is 18.2 Å². The molecular formula is C10H16N2O. The van der Waals surface area contributed by atoms with Gasteiger partial charge in [-0.1, -0.05) is 6.92 Å². The Labute approximate surface area is 78.8 Å². The highest BCUT2D eigenvalue weighted by molar-refractivity contribution is 5.68. The van der Waals surface area contributed by atoms with Crippen LogP contribution in [0.3, 0.4) is 0 Å². The zero-order valence-electron chi connectivity index (χ0n) is 8.12. The van der Waals surface area contributed by atoms with E-state index in [1.165, 1.54) is 0 Å². The summed E-state index contributed by atoms with van der Waals surface area (Å²) in [6.45, 7) is 3.09. The molecule has 13 heavy (non-hydrogen) atoms. The van der Waals surface area contributed by atoms with Crippen molar-refractivity contribution in [1.82, 2.24) is 0 Å². The number of benzene rings is 1. The van der Waals surface area contributed by atoms with Gasteiger partial charge in [0.1, 0.15) is 5.75 Å². The van der Waals surface area contributed by atoms with Crippen molar-refractivity contribution in [2.45, 2.75) is 13.3 Å². The number of rotatable bonds is 3. The van der Waals surface area contributed by atoms with Crippen LogP contribution in [0, 0.1) is 0 Å². The number of phenolic OH excluding ortho intramolecular Hbond substituents is 1. The summed E-state index contributed by atoms with van der Waals surface area (Å²) in [4.78, 5) is 2.08. The number of hydrogen-bond donors (Lipinski definition) is 2. The summed E-state index contributed by atoms with van der Waals surface area (Å²) >= 11 is 0. The molecule has 0 aliphatic heterocycles. The van der Waals surface area contributed by atoms with E-state index in [-0.39, 0.29) is 5.75 Å². The predicted molar refractivity (Wildman–Crippen MR) is 56.1 cm³/mol. The van der Waals surface area contributed by atoms with Crippen LogP contribution >= 0.6 is 0 Å². The van der Waals surface area contributed by atoms with Gasteiger partial charge in [-0.2, -0.15) is 0 Å². The van der Waals surface area contributed by atoms with Gasteiger partial charge in [0.2, 0.25) is 0 Å². The molecule has 0 aliphatic carbocycles. The van der Waals surface area contributed by atoms with E-state index in [4.69, 9.17) is 10.8 Å². The minimum Gasteiger partial charge on any atom is -0.508 e. The molecule has 3 heteroatoms. The van der Waals surface area contributed by atoms with E-state index in [0.717, 1.165) is 18.7 Å². The van der Waals surface area contributed by atoms with E-state index >= 15 is 0 Å². The smallest absolute Gasteiger partial charge is 0.117 e. The van der Waals surface area contributed by atoms with Gasteiger partial charge in [0, 0.05) is 19.7 Å². The largest absolute Gasteiger partial charge is 0.508 e. The van der Waals surface area contributed by atoms with Crippen molar-refractivity contribution in [3.05, 3.63) is 18.2 Å². The van der Waals surface area contributed by atoms with Crippen LogP contribution in [-0.4, -0.2) is 18.7 Å². The molecule has 0 aliphatic rings. The summed E-state index contributed by atoms with van der Waals surface area (Å²) < 4.78 is 0. The van der Waals surface area contributed by atoms with Crippen LogP contribution in [-0.2, 0) is 0 Å². The third kappa shape index (κ3) is 2.28. The highest BCUT2D eigenvalue weighted by atomic mass is 16.3. The van der Waals surface area contributed by atoms with Gasteiger partial charge >= 0.3 is 0 Å². The average Bonchev–Trinajstić information content (AvgIpc) is 2.04. The van der Waals surface area contributed by atoms with Crippen LogP contribution in [0.25, 0.3) is 0 Å². The van der Waals surface area contributed by atoms with Gasteiger partial charge in [0.05, 0.1) is 11.4 Å². The van der Waals surface area contributed by atoms with E-state index < -0.39 is 0 Å². The van der Waals surface area contributed by atoms with E-state index in [9.17, 15) is 0 Å². The van der Waals surface area contributed by atoms with Crippen molar-refractivity contribution < 1.29 is 5.11 Å². The standard InChI is InChI=1S/C10H16N2O/c1-3-6-12(2)10-5-4-8(13)7-9(10)11/h4-5,7,13H,3,6,11H2,1-2H3. The summed E-state index contributed by atoms with van der Waals surface area (Å²) in [5.41, 5.74) is 7.34. The molecule has 0 unspecified atom stereocenters. The topological polar surface area (TPSA) is 49.5 Å². The summed E-state index contributed by atoms with van der Waals surface area (Å²) in [6.07, 6.45) is 1.08. The molecule has 0 amide bonds. The van der Waals surface area contributed by atoms with Crippen molar-refractivity contribution in [3.8, 4) is 5.75 Å². The van der Waals surface area contributed by atoms with Gasteiger partial charge in [-0.15, -0.1) is 0 Å². The Morgan fingerprint density at radius 3 is 2.69 bits per heavy atom. The SMILES string of the molecule is CCCN(C)c1ccc(O)cc1N. The molecule has 0 radical (unpaired) electrons. The van der Waals surface area contributed by atoms with Gasteiger partial charge in [-0.25, -0.2) is 0 Å². The van der Waals surface area contributed by atoms with Crippen LogP contribution in [0.1, 0.15) is 13.3 Å². The first-order valence-electron chi connectivity index (χ1n) is 4.44. The monoisotopic (exact) mass is 180 g/mol. The lowest BCUT2D eigenvalue weighted by Crippen LogP contribution is -2.18. The molecule has 0 aromatic heterocycles. The highest BCUT2D eigenvalue weighted by Gasteiger charge is 2.04. The maximum absolute atomic E-state index is 9.15. The summed E-state index contributed by atoms with van der Waals surface area (Å²) in [7, 11) is 1.99. The van der Waals surface area contributed by atoms with Crippen molar-refractivity contribution in [1.29, 1.82) is 0 Å². The lowest BCUT2D eigenvalue weighted by molar-refractivity contribution is 0.475. The number of nitrogens with two attached hydrogens (primary N) is 1. The molecule has 1 aromatic rings. The first-order valence-corrected chi connectivity index (χ1v) is 4.44. The van der Waals surface area contributed by atoms with Gasteiger partial charge in [0.25, 0.3) is 0 Å². The normalized spacial score (nSPS) is 10.0. The van der Waals surface area contributed by atoms with Crippen molar-refractivity contribution >= 4 is 11.4 Å². The summed E-state index contributed by atoms with van der Waals surface area (Å²) in [5.74, 6) is 0.214. The molecule has 0 fully saturated rings. The zero-order valence-corrected chi connectivity index (χ0v) is 8.12. The molecule has 72 valence electrons. The Morgan fingerprint density at radius 2 is 2.15 bits per heavy atom. The Bertz CT molecular complexity index is 286. The number of hydrogen-bond acceptors (Lipinski definition) is 3. The van der Waals surface area contributed by atoms with E-state index in [1.54, 1.807) is 12.1 Å².